The highest BCUT2D eigenvalue weighted by Crippen LogP contribution is 2.09. The van der Waals surface area contributed by atoms with Gasteiger partial charge in [-0.05, 0) is 44.6 Å². The lowest BCUT2D eigenvalue weighted by molar-refractivity contribution is 0.403. The van der Waals surface area contributed by atoms with Gasteiger partial charge in [-0.3, -0.25) is 0 Å². The van der Waals surface area contributed by atoms with E-state index in [4.69, 9.17) is 0 Å². The fourth-order valence-corrected chi connectivity index (χ4v) is 1.71. The summed E-state index contributed by atoms with van der Waals surface area (Å²) in [7, 11) is 0. The van der Waals surface area contributed by atoms with E-state index < -0.39 is 0 Å². The van der Waals surface area contributed by atoms with Crippen LogP contribution < -0.4 is 5.32 Å². The van der Waals surface area contributed by atoms with Crippen LogP contribution in [0.3, 0.4) is 0 Å². The molecular weight excluding hydrogens is 170 g/mol. The van der Waals surface area contributed by atoms with Crippen LogP contribution in [-0.2, 0) is 0 Å². The van der Waals surface area contributed by atoms with Gasteiger partial charge in [0.1, 0.15) is 0 Å². The molecule has 0 fully saturated rings. The molecule has 14 heavy (non-hydrogen) atoms. The molecule has 0 heterocycles. The van der Waals surface area contributed by atoms with Crippen molar-refractivity contribution in [1.82, 2.24) is 5.32 Å². The van der Waals surface area contributed by atoms with Gasteiger partial charge in [0.2, 0.25) is 0 Å². The molecule has 0 aliphatic rings. The maximum Gasteiger partial charge on any atom is 0.00412 e. The quantitative estimate of drug-likeness (QED) is 0.586. The van der Waals surface area contributed by atoms with Gasteiger partial charge in [0.25, 0.3) is 0 Å². The molecule has 0 aromatic heterocycles. The van der Waals surface area contributed by atoms with Crippen molar-refractivity contribution in [3.63, 3.8) is 0 Å². The number of nitrogens with one attached hydrogen (secondary N) is 1. The molecule has 0 spiro atoms. The molecule has 1 heteroatoms. The number of hydrogen-bond donors (Lipinski definition) is 1. The topological polar surface area (TPSA) is 12.0 Å². The molecule has 0 aliphatic carbocycles. The number of rotatable bonds is 8. The van der Waals surface area contributed by atoms with Crippen LogP contribution in [0, 0.1) is 11.8 Å². The van der Waals surface area contributed by atoms with Crippen LogP contribution in [0.2, 0.25) is 0 Å². The number of hydrogen-bond acceptors (Lipinski definition) is 1. The predicted octanol–water partition coefficient (Wildman–Crippen LogP) is 3.84. The molecule has 0 saturated heterocycles. The second-order valence-corrected chi connectivity index (χ2v) is 5.14. The van der Waals surface area contributed by atoms with Crippen LogP contribution in [-0.4, -0.2) is 12.6 Å². The molecule has 0 rings (SSSR count). The van der Waals surface area contributed by atoms with Gasteiger partial charge < -0.3 is 5.32 Å². The third-order valence-corrected chi connectivity index (χ3v) is 2.90. The molecule has 0 amide bonds. The van der Waals surface area contributed by atoms with Gasteiger partial charge in [-0.15, -0.1) is 0 Å². The summed E-state index contributed by atoms with van der Waals surface area (Å²) in [5.41, 5.74) is 0. The molecule has 0 bridgehead atoms. The summed E-state index contributed by atoms with van der Waals surface area (Å²) >= 11 is 0. The Labute approximate surface area is 90.7 Å². The van der Waals surface area contributed by atoms with Crippen LogP contribution in [0.5, 0.6) is 0 Å². The summed E-state index contributed by atoms with van der Waals surface area (Å²) in [5, 5.41) is 3.60. The Morgan fingerprint density at radius 3 is 2.21 bits per heavy atom. The third-order valence-electron chi connectivity index (χ3n) is 2.90. The maximum absolute atomic E-state index is 3.60. The van der Waals surface area contributed by atoms with Crippen molar-refractivity contribution in [2.45, 2.75) is 66.3 Å². The first-order valence-electron chi connectivity index (χ1n) is 6.29. The second-order valence-electron chi connectivity index (χ2n) is 5.14. The lowest BCUT2D eigenvalue weighted by Gasteiger charge is -2.17. The molecule has 86 valence electrons. The van der Waals surface area contributed by atoms with Crippen molar-refractivity contribution in [3.05, 3.63) is 0 Å². The normalized spacial score (nSPS) is 15.9. The molecule has 0 aliphatic heterocycles. The van der Waals surface area contributed by atoms with Crippen molar-refractivity contribution in [1.29, 1.82) is 0 Å². The van der Waals surface area contributed by atoms with Crippen molar-refractivity contribution < 1.29 is 0 Å². The summed E-state index contributed by atoms with van der Waals surface area (Å²) in [6.45, 7) is 12.7. The van der Waals surface area contributed by atoms with E-state index in [-0.39, 0.29) is 0 Å². The highest BCUT2D eigenvalue weighted by molar-refractivity contribution is 4.64. The van der Waals surface area contributed by atoms with E-state index in [1.807, 2.05) is 0 Å². The lowest BCUT2D eigenvalue weighted by atomic mass is 10.0. The minimum absolute atomic E-state index is 0.692. The minimum Gasteiger partial charge on any atom is -0.314 e. The van der Waals surface area contributed by atoms with E-state index in [1.54, 1.807) is 0 Å². The fourth-order valence-electron chi connectivity index (χ4n) is 1.71. The van der Waals surface area contributed by atoms with Gasteiger partial charge in [-0.25, -0.2) is 0 Å². The standard InChI is InChI=1S/C13H29N/c1-6-12(4)10-13(5)14-9-7-8-11(2)3/h11-14H,6-10H2,1-5H3. The zero-order valence-corrected chi connectivity index (χ0v) is 10.8. The third kappa shape index (κ3) is 8.55. The van der Waals surface area contributed by atoms with Gasteiger partial charge >= 0.3 is 0 Å². The van der Waals surface area contributed by atoms with E-state index in [1.165, 1.54) is 32.2 Å². The van der Waals surface area contributed by atoms with Crippen LogP contribution >= 0.6 is 0 Å². The first-order chi connectivity index (χ1) is 6.56. The SMILES string of the molecule is CCC(C)CC(C)NCCCC(C)C. The largest absolute Gasteiger partial charge is 0.314 e. The van der Waals surface area contributed by atoms with Crippen molar-refractivity contribution in [2.75, 3.05) is 6.54 Å². The molecule has 0 radical (unpaired) electrons. The summed E-state index contributed by atoms with van der Waals surface area (Å²) in [5.74, 6) is 1.71. The van der Waals surface area contributed by atoms with E-state index in [0.29, 0.717) is 6.04 Å². The molecule has 0 aromatic carbocycles. The molecule has 2 atom stereocenters. The zero-order valence-electron chi connectivity index (χ0n) is 10.8. The highest BCUT2D eigenvalue weighted by Gasteiger charge is 2.05. The summed E-state index contributed by atoms with van der Waals surface area (Å²) < 4.78 is 0. The average Bonchev–Trinajstić information content (AvgIpc) is 2.12. The first kappa shape index (κ1) is 14.0. The van der Waals surface area contributed by atoms with Gasteiger partial charge in [-0.2, -0.15) is 0 Å². The lowest BCUT2D eigenvalue weighted by Crippen LogP contribution is -2.28. The summed E-state index contributed by atoms with van der Waals surface area (Å²) in [6, 6.07) is 0.692. The Bertz CT molecular complexity index is 120. The Kier molecular flexibility index (Phi) is 8.26. The van der Waals surface area contributed by atoms with Crippen molar-refractivity contribution in [2.24, 2.45) is 11.8 Å². The minimum atomic E-state index is 0.692. The average molecular weight is 199 g/mol. The smallest absolute Gasteiger partial charge is 0.00412 e. The van der Waals surface area contributed by atoms with Crippen LogP contribution in [0.25, 0.3) is 0 Å². The van der Waals surface area contributed by atoms with Gasteiger partial charge in [0.05, 0.1) is 0 Å². The fraction of sp³-hybridized carbons (Fsp3) is 1.00. The Hall–Kier alpha value is -0.0400. The van der Waals surface area contributed by atoms with E-state index >= 15 is 0 Å². The molecule has 2 unspecified atom stereocenters. The Morgan fingerprint density at radius 2 is 1.71 bits per heavy atom. The molecule has 1 N–H and O–H groups in total. The predicted molar refractivity (Wildman–Crippen MR) is 65.6 cm³/mol. The van der Waals surface area contributed by atoms with Crippen LogP contribution in [0.1, 0.15) is 60.3 Å². The van der Waals surface area contributed by atoms with Crippen LogP contribution in [0.15, 0.2) is 0 Å². The van der Waals surface area contributed by atoms with E-state index in [0.717, 1.165) is 11.8 Å². The van der Waals surface area contributed by atoms with E-state index in [2.05, 4.69) is 39.9 Å². The second kappa shape index (κ2) is 8.28. The Morgan fingerprint density at radius 1 is 1.07 bits per heavy atom. The first-order valence-corrected chi connectivity index (χ1v) is 6.29. The molecule has 1 nitrogen and oxygen atoms in total. The van der Waals surface area contributed by atoms with Crippen molar-refractivity contribution in [3.8, 4) is 0 Å². The summed E-state index contributed by atoms with van der Waals surface area (Å²) in [6.07, 6.45) is 5.29. The van der Waals surface area contributed by atoms with E-state index in [9.17, 15) is 0 Å². The molecular formula is C13H29N. The Balaban J connectivity index is 3.30. The highest BCUT2D eigenvalue weighted by atomic mass is 14.9. The zero-order chi connectivity index (χ0) is 11.0. The molecule has 0 aromatic rings. The van der Waals surface area contributed by atoms with Crippen LogP contribution in [0.4, 0.5) is 0 Å². The summed E-state index contributed by atoms with van der Waals surface area (Å²) in [4.78, 5) is 0. The maximum atomic E-state index is 3.60. The van der Waals surface area contributed by atoms with Gasteiger partial charge in [0.15, 0.2) is 0 Å². The molecule has 0 saturated carbocycles. The van der Waals surface area contributed by atoms with Crippen molar-refractivity contribution >= 4 is 0 Å². The van der Waals surface area contributed by atoms with Gasteiger partial charge in [0, 0.05) is 6.04 Å². The monoisotopic (exact) mass is 199 g/mol. The van der Waals surface area contributed by atoms with Gasteiger partial charge in [-0.1, -0.05) is 34.1 Å².